The maximum atomic E-state index is 5.67. The maximum Gasteiger partial charge on any atom is 0.149 e. The summed E-state index contributed by atoms with van der Waals surface area (Å²) in [7, 11) is 0. The van der Waals surface area contributed by atoms with Gasteiger partial charge in [0, 0.05) is 11.8 Å². The zero-order valence-corrected chi connectivity index (χ0v) is 20.3. The lowest BCUT2D eigenvalue weighted by molar-refractivity contribution is -0.160. The van der Waals surface area contributed by atoms with Gasteiger partial charge in [0.05, 0.1) is 12.2 Å². The van der Waals surface area contributed by atoms with Crippen molar-refractivity contribution in [2.45, 2.75) is 103 Å². The Morgan fingerprint density at radius 1 is 0.586 bits per heavy atom. The van der Waals surface area contributed by atoms with Crippen LogP contribution in [0.25, 0.3) is 0 Å². The van der Waals surface area contributed by atoms with E-state index < -0.39 is 0 Å². The van der Waals surface area contributed by atoms with Crippen LogP contribution in [0.5, 0.6) is 0 Å². The number of unbranched alkanes of at least 4 members (excludes halogenated alkanes) is 6. The molecule has 0 aromatic rings. The van der Waals surface area contributed by atoms with E-state index in [1.54, 1.807) is 0 Å². The highest BCUT2D eigenvalue weighted by Crippen LogP contribution is 2.07. The molecule has 0 aliphatic rings. The fourth-order valence-electron chi connectivity index (χ4n) is 2.73. The zero-order valence-electron chi connectivity index (χ0n) is 18.8. The second-order valence-corrected chi connectivity index (χ2v) is 8.32. The van der Waals surface area contributed by atoms with Crippen LogP contribution in [0.1, 0.15) is 90.9 Å². The molecule has 29 heavy (non-hydrogen) atoms. The summed E-state index contributed by atoms with van der Waals surface area (Å²) < 4.78 is 16.8. The molecule has 0 radical (unpaired) electrons. The van der Waals surface area contributed by atoms with E-state index in [1.807, 2.05) is 0 Å². The average molecular weight is 452 g/mol. The van der Waals surface area contributed by atoms with Gasteiger partial charge in [0.25, 0.3) is 0 Å². The minimum atomic E-state index is 0.197. The number of hydrogen-bond donors (Lipinski definition) is 0. The molecule has 0 bridgehead atoms. The van der Waals surface area contributed by atoms with Gasteiger partial charge < -0.3 is 14.2 Å². The van der Waals surface area contributed by atoms with Crippen LogP contribution >= 0.6 is 23.2 Å². The topological polar surface area (TPSA) is 27.7 Å². The third kappa shape index (κ3) is 24.1. The van der Waals surface area contributed by atoms with Crippen LogP contribution < -0.4 is 0 Å². The van der Waals surface area contributed by atoms with E-state index >= 15 is 0 Å². The lowest BCUT2D eigenvalue weighted by Gasteiger charge is -2.14. The molecule has 0 heterocycles. The molecule has 0 rings (SSSR count). The Morgan fingerprint density at radius 3 is 1.41 bits per heavy atom. The van der Waals surface area contributed by atoms with Crippen molar-refractivity contribution in [1.29, 1.82) is 0 Å². The van der Waals surface area contributed by atoms with Crippen LogP contribution in [0, 0.1) is 0 Å². The highest BCUT2D eigenvalue weighted by Gasteiger charge is 2.03. The van der Waals surface area contributed by atoms with E-state index in [9.17, 15) is 0 Å². The molecule has 0 saturated carbocycles. The van der Waals surface area contributed by atoms with Crippen molar-refractivity contribution in [3.8, 4) is 0 Å². The molecular formula is C24H44Cl2O3. The maximum absolute atomic E-state index is 5.67. The summed E-state index contributed by atoms with van der Waals surface area (Å²) >= 11 is 11.3. The number of halogens is 2. The van der Waals surface area contributed by atoms with E-state index in [0.717, 1.165) is 63.1 Å². The Labute approximate surface area is 190 Å². The van der Waals surface area contributed by atoms with Crippen LogP contribution in [0.3, 0.4) is 0 Å². The number of hydrogen-bond acceptors (Lipinski definition) is 3. The normalized spacial score (nSPS) is 14.2. The molecule has 0 aromatic heterocycles. The molecule has 0 aromatic carbocycles. The highest BCUT2D eigenvalue weighted by molar-refractivity contribution is 6.18. The third-order valence-corrected chi connectivity index (χ3v) is 5.23. The Morgan fingerprint density at radius 2 is 1.00 bits per heavy atom. The monoisotopic (exact) mass is 450 g/mol. The first-order valence-corrected chi connectivity index (χ1v) is 12.5. The Balaban J connectivity index is 3.40. The molecule has 5 heteroatoms. The van der Waals surface area contributed by atoms with Crippen molar-refractivity contribution in [3.05, 3.63) is 24.3 Å². The van der Waals surface area contributed by atoms with Gasteiger partial charge in [-0.3, -0.25) is 0 Å². The minimum Gasteiger partial charge on any atom is -0.352 e. The molecule has 0 aliphatic carbocycles. The summed E-state index contributed by atoms with van der Waals surface area (Å²) in [6.45, 7) is 4.75. The third-order valence-electron chi connectivity index (χ3n) is 4.69. The van der Waals surface area contributed by atoms with E-state index in [1.165, 1.54) is 25.7 Å². The van der Waals surface area contributed by atoms with Crippen molar-refractivity contribution < 1.29 is 14.2 Å². The first-order valence-electron chi connectivity index (χ1n) is 11.4. The molecule has 3 nitrogen and oxygen atoms in total. The molecule has 0 fully saturated rings. The van der Waals surface area contributed by atoms with Crippen LogP contribution in [0.15, 0.2) is 24.3 Å². The van der Waals surface area contributed by atoms with Gasteiger partial charge in [0.15, 0.2) is 0 Å². The van der Waals surface area contributed by atoms with Crippen LogP contribution in [-0.2, 0) is 14.2 Å². The standard InChI is InChI=1S/C24H44Cl2O3/c1-23(17-13-9-5-3-7-11-15-19-25)28-21-27-22-29-24(2)18-14-10-6-4-8-12-16-20-26/h5-6,9-10,23-24H,3-4,7-8,11-22H2,1-2H3. The number of ether oxygens (including phenoxy) is 3. The summed E-state index contributed by atoms with van der Waals surface area (Å²) in [4.78, 5) is 0. The molecule has 0 aliphatic heterocycles. The van der Waals surface area contributed by atoms with Crippen LogP contribution in [-0.4, -0.2) is 37.6 Å². The van der Waals surface area contributed by atoms with Gasteiger partial charge >= 0.3 is 0 Å². The van der Waals surface area contributed by atoms with Gasteiger partial charge in [-0.2, -0.15) is 0 Å². The molecular weight excluding hydrogens is 407 g/mol. The van der Waals surface area contributed by atoms with Crippen molar-refractivity contribution in [2.75, 3.05) is 25.3 Å². The SMILES string of the molecule is CC(CCC=CCCCCCCl)OCOCOC(C)CCC=CCCCCCCl. The van der Waals surface area contributed by atoms with Crippen LogP contribution in [0.2, 0.25) is 0 Å². The van der Waals surface area contributed by atoms with E-state index in [2.05, 4.69) is 38.2 Å². The zero-order chi connectivity index (χ0) is 21.4. The van der Waals surface area contributed by atoms with Gasteiger partial charge in [-0.15, -0.1) is 23.2 Å². The number of allylic oxidation sites excluding steroid dienone is 4. The lowest BCUT2D eigenvalue weighted by Crippen LogP contribution is -2.15. The average Bonchev–Trinajstić information content (AvgIpc) is 2.71. The molecule has 2 atom stereocenters. The Hall–Kier alpha value is -0.0600. The summed E-state index contributed by atoms with van der Waals surface area (Å²) in [6.07, 6.45) is 23.0. The number of rotatable bonds is 22. The van der Waals surface area contributed by atoms with Crippen molar-refractivity contribution in [2.24, 2.45) is 0 Å². The predicted molar refractivity (Wildman–Crippen MR) is 127 cm³/mol. The first-order chi connectivity index (χ1) is 14.2. The predicted octanol–water partition coefficient (Wildman–Crippen LogP) is 8.00. The largest absolute Gasteiger partial charge is 0.352 e. The molecule has 2 unspecified atom stereocenters. The molecule has 0 N–H and O–H groups in total. The quantitative estimate of drug-likeness (QED) is 0.0722. The fourth-order valence-corrected chi connectivity index (χ4v) is 3.11. The van der Waals surface area contributed by atoms with Crippen molar-refractivity contribution in [3.63, 3.8) is 0 Å². The summed E-state index contributed by atoms with van der Waals surface area (Å²) in [5, 5.41) is 0. The van der Waals surface area contributed by atoms with Gasteiger partial charge in [-0.05, 0) is 78.1 Å². The molecule has 0 amide bonds. The Bertz CT molecular complexity index is 341. The molecule has 172 valence electrons. The molecule has 0 saturated heterocycles. The second kappa shape index (κ2) is 24.2. The Kier molecular flexibility index (Phi) is 24.2. The second-order valence-electron chi connectivity index (χ2n) is 7.57. The van der Waals surface area contributed by atoms with Gasteiger partial charge in [-0.25, -0.2) is 0 Å². The van der Waals surface area contributed by atoms with Crippen molar-refractivity contribution in [1.82, 2.24) is 0 Å². The van der Waals surface area contributed by atoms with E-state index in [0.29, 0.717) is 0 Å². The fraction of sp³-hybridized carbons (Fsp3) is 0.833. The lowest BCUT2D eigenvalue weighted by atomic mass is 10.1. The summed E-state index contributed by atoms with van der Waals surface area (Å²) in [5.41, 5.74) is 0. The van der Waals surface area contributed by atoms with E-state index in [-0.39, 0.29) is 25.8 Å². The highest BCUT2D eigenvalue weighted by atomic mass is 35.5. The van der Waals surface area contributed by atoms with Gasteiger partial charge in [0.1, 0.15) is 13.6 Å². The number of alkyl halides is 2. The smallest absolute Gasteiger partial charge is 0.149 e. The van der Waals surface area contributed by atoms with Crippen LogP contribution in [0.4, 0.5) is 0 Å². The molecule has 0 spiro atoms. The first kappa shape index (κ1) is 28.9. The summed E-state index contributed by atoms with van der Waals surface area (Å²) in [6, 6.07) is 0. The van der Waals surface area contributed by atoms with E-state index in [4.69, 9.17) is 37.4 Å². The van der Waals surface area contributed by atoms with Gasteiger partial charge in [-0.1, -0.05) is 37.1 Å². The van der Waals surface area contributed by atoms with Gasteiger partial charge in [0.2, 0.25) is 0 Å². The van der Waals surface area contributed by atoms with Crippen molar-refractivity contribution >= 4 is 23.2 Å². The summed E-state index contributed by atoms with van der Waals surface area (Å²) in [5.74, 6) is 1.55. The minimum absolute atomic E-state index is 0.197.